The van der Waals surface area contributed by atoms with Gasteiger partial charge in [0.05, 0.1) is 11.6 Å². The van der Waals surface area contributed by atoms with Gasteiger partial charge >= 0.3 is 0 Å². The Balaban J connectivity index is 1.88. The smallest absolute Gasteiger partial charge is 0.253 e. The second kappa shape index (κ2) is 9.19. The Morgan fingerprint density at radius 2 is 2.03 bits per heavy atom. The van der Waals surface area contributed by atoms with Gasteiger partial charge in [0, 0.05) is 31.7 Å². The molecule has 1 N–H and O–H groups in total. The summed E-state index contributed by atoms with van der Waals surface area (Å²) in [7, 11) is 1.75. The van der Waals surface area contributed by atoms with Crippen molar-refractivity contribution >= 4 is 5.91 Å². The van der Waals surface area contributed by atoms with E-state index < -0.39 is 0 Å². The summed E-state index contributed by atoms with van der Waals surface area (Å²) in [4.78, 5) is 15.0. The molecule has 4 nitrogen and oxygen atoms in total. The van der Waals surface area contributed by atoms with Gasteiger partial charge in [0.25, 0.3) is 5.91 Å². The van der Waals surface area contributed by atoms with Gasteiger partial charge in [-0.2, -0.15) is 5.26 Å². The predicted molar refractivity (Wildman–Crippen MR) is 110 cm³/mol. The first-order chi connectivity index (χ1) is 13.9. The van der Waals surface area contributed by atoms with Crippen molar-refractivity contribution in [3.05, 3.63) is 69.5 Å². The summed E-state index contributed by atoms with van der Waals surface area (Å²) in [6.45, 7) is 2.25. The minimum absolute atomic E-state index is 0.0111. The fourth-order valence-corrected chi connectivity index (χ4v) is 4.34. The standard InChI is InChI=1S/C24H27FN2O2/c1-16-11-20(25)7-8-21(16)19(9-10-28)15-27(2)24(29)23-13-17(14-26)12-18-5-3-4-6-22(18)23/h7-8,11-13,19,28H,3-6,9-10,15H2,1-2H3. The number of aryl methyl sites for hydroxylation is 2. The summed E-state index contributed by atoms with van der Waals surface area (Å²) >= 11 is 0. The molecule has 3 rings (SSSR count). The van der Waals surface area contributed by atoms with Crippen molar-refractivity contribution in [3.8, 4) is 6.07 Å². The molecule has 0 aromatic heterocycles. The Morgan fingerprint density at radius 3 is 2.72 bits per heavy atom. The number of aliphatic hydroxyl groups is 1. The van der Waals surface area contributed by atoms with E-state index in [2.05, 4.69) is 6.07 Å². The fraction of sp³-hybridized carbons (Fsp3) is 0.417. The summed E-state index contributed by atoms with van der Waals surface area (Å²) in [5.41, 5.74) is 5.04. The number of nitriles is 1. The molecule has 152 valence electrons. The monoisotopic (exact) mass is 394 g/mol. The van der Waals surface area contributed by atoms with Crippen molar-refractivity contribution in [3.63, 3.8) is 0 Å². The average Bonchev–Trinajstić information content (AvgIpc) is 2.72. The molecule has 0 spiro atoms. The third kappa shape index (κ3) is 4.65. The highest BCUT2D eigenvalue weighted by molar-refractivity contribution is 5.96. The van der Waals surface area contributed by atoms with E-state index in [9.17, 15) is 19.6 Å². The van der Waals surface area contributed by atoms with E-state index in [0.717, 1.165) is 47.9 Å². The van der Waals surface area contributed by atoms with Crippen molar-refractivity contribution < 1.29 is 14.3 Å². The molecule has 29 heavy (non-hydrogen) atoms. The summed E-state index contributed by atoms with van der Waals surface area (Å²) in [6.07, 6.45) is 4.36. The quantitative estimate of drug-likeness (QED) is 0.801. The van der Waals surface area contributed by atoms with Crippen LogP contribution in [0.15, 0.2) is 30.3 Å². The van der Waals surface area contributed by atoms with Crippen molar-refractivity contribution in [2.45, 2.75) is 44.9 Å². The molecule has 0 radical (unpaired) electrons. The second-order valence-corrected chi connectivity index (χ2v) is 7.88. The highest BCUT2D eigenvalue weighted by Gasteiger charge is 2.24. The van der Waals surface area contributed by atoms with E-state index >= 15 is 0 Å². The van der Waals surface area contributed by atoms with Crippen LogP contribution in [0.5, 0.6) is 0 Å². The number of carbonyl (C=O) groups excluding carboxylic acids is 1. The molecule has 0 saturated heterocycles. The molecule has 0 saturated carbocycles. The first kappa shape index (κ1) is 21.0. The van der Waals surface area contributed by atoms with Gasteiger partial charge < -0.3 is 10.0 Å². The molecule has 0 heterocycles. The lowest BCUT2D eigenvalue weighted by Crippen LogP contribution is -2.33. The molecule has 2 aromatic carbocycles. The van der Waals surface area contributed by atoms with Gasteiger partial charge in [-0.25, -0.2) is 4.39 Å². The van der Waals surface area contributed by atoms with Crippen molar-refractivity contribution in [2.75, 3.05) is 20.2 Å². The van der Waals surface area contributed by atoms with Gasteiger partial charge in [-0.05, 0) is 85.5 Å². The zero-order valence-corrected chi connectivity index (χ0v) is 17.0. The van der Waals surface area contributed by atoms with Crippen LogP contribution in [0.1, 0.15) is 63.4 Å². The molecular weight excluding hydrogens is 367 g/mol. The largest absolute Gasteiger partial charge is 0.396 e. The Kier molecular flexibility index (Phi) is 6.66. The van der Waals surface area contributed by atoms with Crippen LogP contribution < -0.4 is 0 Å². The molecule has 0 bridgehead atoms. The van der Waals surface area contributed by atoms with E-state index in [1.807, 2.05) is 13.0 Å². The molecule has 0 aliphatic heterocycles. The molecule has 5 heteroatoms. The third-order valence-electron chi connectivity index (χ3n) is 5.81. The first-order valence-corrected chi connectivity index (χ1v) is 10.1. The van der Waals surface area contributed by atoms with Gasteiger partial charge in [-0.1, -0.05) is 6.07 Å². The number of rotatable bonds is 6. The molecule has 1 aliphatic rings. The van der Waals surface area contributed by atoms with Gasteiger partial charge in [-0.3, -0.25) is 4.79 Å². The lowest BCUT2D eigenvalue weighted by Gasteiger charge is -2.27. The van der Waals surface area contributed by atoms with E-state index in [1.165, 1.54) is 12.1 Å². The van der Waals surface area contributed by atoms with Crippen LogP contribution in [0.3, 0.4) is 0 Å². The van der Waals surface area contributed by atoms with Crippen LogP contribution in [-0.4, -0.2) is 36.1 Å². The Morgan fingerprint density at radius 1 is 1.28 bits per heavy atom. The molecule has 0 fully saturated rings. The van der Waals surface area contributed by atoms with Crippen LogP contribution in [0, 0.1) is 24.1 Å². The maximum absolute atomic E-state index is 13.5. The first-order valence-electron chi connectivity index (χ1n) is 10.1. The van der Waals surface area contributed by atoms with Gasteiger partial charge in [0.1, 0.15) is 5.82 Å². The Labute approximate surface area is 171 Å². The van der Waals surface area contributed by atoms with Crippen molar-refractivity contribution in [1.82, 2.24) is 4.90 Å². The molecule has 1 amide bonds. The van der Waals surface area contributed by atoms with Crippen LogP contribution in [0.2, 0.25) is 0 Å². The maximum Gasteiger partial charge on any atom is 0.253 e. The number of aliphatic hydroxyl groups excluding tert-OH is 1. The number of hydrogen-bond acceptors (Lipinski definition) is 3. The third-order valence-corrected chi connectivity index (χ3v) is 5.81. The number of fused-ring (bicyclic) bond motifs is 1. The molecule has 2 aromatic rings. The van der Waals surface area contributed by atoms with Crippen LogP contribution in [-0.2, 0) is 12.8 Å². The normalized spacial score (nSPS) is 14.0. The van der Waals surface area contributed by atoms with E-state index in [4.69, 9.17) is 0 Å². The number of amides is 1. The SMILES string of the molecule is Cc1cc(F)ccc1C(CCO)CN(C)C(=O)c1cc(C#N)cc2c1CCCC2. The fourth-order valence-electron chi connectivity index (χ4n) is 4.34. The lowest BCUT2D eigenvalue weighted by atomic mass is 9.86. The van der Waals surface area contributed by atoms with Gasteiger partial charge in [0.15, 0.2) is 0 Å². The average molecular weight is 394 g/mol. The highest BCUT2D eigenvalue weighted by Crippen LogP contribution is 2.29. The van der Waals surface area contributed by atoms with Crippen molar-refractivity contribution in [2.24, 2.45) is 0 Å². The van der Waals surface area contributed by atoms with Gasteiger partial charge in [0.2, 0.25) is 0 Å². The summed E-state index contributed by atoms with van der Waals surface area (Å²) in [5.74, 6) is -0.495. The van der Waals surface area contributed by atoms with Crippen molar-refractivity contribution in [1.29, 1.82) is 5.26 Å². The number of hydrogen-bond donors (Lipinski definition) is 1. The number of likely N-dealkylation sites (N-methyl/N-ethyl adjacent to an activating group) is 1. The molecule has 1 atom stereocenters. The second-order valence-electron chi connectivity index (χ2n) is 7.88. The van der Waals surface area contributed by atoms with E-state index in [1.54, 1.807) is 24.1 Å². The molecule has 1 unspecified atom stereocenters. The van der Waals surface area contributed by atoms with Gasteiger partial charge in [-0.15, -0.1) is 0 Å². The van der Waals surface area contributed by atoms with Crippen LogP contribution >= 0.6 is 0 Å². The summed E-state index contributed by atoms with van der Waals surface area (Å²) in [5, 5.41) is 18.9. The topological polar surface area (TPSA) is 64.3 Å². The predicted octanol–water partition coefficient (Wildman–Crippen LogP) is 4.12. The number of nitrogens with zero attached hydrogens (tertiary/aromatic N) is 2. The minimum Gasteiger partial charge on any atom is -0.396 e. The maximum atomic E-state index is 13.5. The molecule has 1 aliphatic carbocycles. The van der Waals surface area contributed by atoms with E-state index in [0.29, 0.717) is 24.1 Å². The minimum atomic E-state index is -0.293. The van der Waals surface area contributed by atoms with Crippen LogP contribution in [0.25, 0.3) is 0 Å². The Bertz CT molecular complexity index is 949. The summed E-state index contributed by atoms with van der Waals surface area (Å²) < 4.78 is 13.5. The van der Waals surface area contributed by atoms with E-state index in [-0.39, 0.29) is 24.2 Å². The highest BCUT2D eigenvalue weighted by atomic mass is 19.1. The molecular formula is C24H27FN2O2. The summed E-state index contributed by atoms with van der Waals surface area (Å²) in [6, 6.07) is 10.4. The zero-order valence-electron chi connectivity index (χ0n) is 17.0. The number of benzene rings is 2. The number of halogens is 1. The lowest BCUT2D eigenvalue weighted by molar-refractivity contribution is 0.0779. The van der Waals surface area contributed by atoms with Crippen LogP contribution in [0.4, 0.5) is 4.39 Å². The zero-order chi connectivity index (χ0) is 21.0. The Hall–Kier alpha value is -2.71. The number of carbonyl (C=O) groups is 1.